The number of nitrogens with one attached hydrogen (secondary N) is 2. The Morgan fingerprint density at radius 3 is 2.43 bits per heavy atom. The SMILES string of the molecule is Cc1cc(C)n(-c2ccc(NCCNS(=O)(=O)c3ccc(F)cc3F)nn2)n1. The minimum atomic E-state index is -4.09. The lowest BCUT2D eigenvalue weighted by molar-refractivity contribution is 0.543. The van der Waals surface area contributed by atoms with E-state index in [4.69, 9.17) is 0 Å². The average molecular weight is 408 g/mol. The predicted molar refractivity (Wildman–Crippen MR) is 98.7 cm³/mol. The maximum Gasteiger partial charge on any atom is 0.243 e. The van der Waals surface area contributed by atoms with Crippen LogP contribution in [0.3, 0.4) is 0 Å². The molecule has 0 atom stereocenters. The van der Waals surface area contributed by atoms with Gasteiger partial charge in [-0.25, -0.2) is 26.6 Å². The number of aromatic nitrogens is 4. The maximum atomic E-state index is 13.6. The van der Waals surface area contributed by atoms with Gasteiger partial charge in [-0.15, -0.1) is 10.2 Å². The molecule has 0 aliphatic heterocycles. The number of aryl methyl sites for hydroxylation is 2. The van der Waals surface area contributed by atoms with Crippen molar-refractivity contribution in [1.82, 2.24) is 24.7 Å². The zero-order valence-corrected chi connectivity index (χ0v) is 16.0. The summed E-state index contributed by atoms with van der Waals surface area (Å²) in [5, 5.41) is 15.3. The van der Waals surface area contributed by atoms with Crippen LogP contribution in [0.1, 0.15) is 11.4 Å². The summed E-state index contributed by atoms with van der Waals surface area (Å²) in [6.07, 6.45) is 0. The molecular weight excluding hydrogens is 390 g/mol. The van der Waals surface area contributed by atoms with Gasteiger partial charge in [-0.1, -0.05) is 0 Å². The van der Waals surface area contributed by atoms with E-state index < -0.39 is 26.6 Å². The normalized spacial score (nSPS) is 11.6. The summed E-state index contributed by atoms with van der Waals surface area (Å²) >= 11 is 0. The second kappa shape index (κ2) is 7.98. The van der Waals surface area contributed by atoms with Crippen molar-refractivity contribution >= 4 is 15.8 Å². The molecule has 28 heavy (non-hydrogen) atoms. The molecule has 148 valence electrons. The number of rotatable bonds is 7. The number of sulfonamides is 1. The molecule has 0 fully saturated rings. The molecule has 0 aliphatic rings. The second-order valence-electron chi connectivity index (χ2n) is 6.01. The predicted octanol–water partition coefficient (Wildman–Crippen LogP) is 1.95. The summed E-state index contributed by atoms with van der Waals surface area (Å²) in [6.45, 7) is 3.95. The molecule has 8 nitrogen and oxygen atoms in total. The lowest BCUT2D eigenvalue weighted by Crippen LogP contribution is -2.29. The van der Waals surface area contributed by atoms with E-state index in [1.165, 1.54) is 0 Å². The van der Waals surface area contributed by atoms with Gasteiger partial charge in [0.05, 0.1) is 5.69 Å². The third-order valence-electron chi connectivity index (χ3n) is 3.78. The fourth-order valence-corrected chi connectivity index (χ4v) is 3.63. The van der Waals surface area contributed by atoms with Crippen molar-refractivity contribution < 1.29 is 17.2 Å². The number of nitrogens with zero attached hydrogens (tertiary/aromatic N) is 4. The standard InChI is InChI=1S/C17H18F2N6O2S/c1-11-9-12(2)25(24-11)17-6-5-16(22-23-17)20-7-8-21-28(26,27)15-4-3-13(18)10-14(15)19/h3-6,9-10,21H,7-8H2,1-2H3,(H,20,22). The van der Waals surface area contributed by atoms with E-state index >= 15 is 0 Å². The van der Waals surface area contributed by atoms with Crippen LogP contribution in [-0.4, -0.2) is 41.5 Å². The second-order valence-corrected chi connectivity index (χ2v) is 7.75. The van der Waals surface area contributed by atoms with Gasteiger partial charge >= 0.3 is 0 Å². The van der Waals surface area contributed by atoms with Crippen LogP contribution in [0.25, 0.3) is 5.82 Å². The van der Waals surface area contributed by atoms with Crippen LogP contribution in [-0.2, 0) is 10.0 Å². The molecule has 2 N–H and O–H groups in total. The van der Waals surface area contributed by atoms with Crippen molar-refractivity contribution in [2.75, 3.05) is 18.4 Å². The van der Waals surface area contributed by atoms with Crippen molar-refractivity contribution in [2.24, 2.45) is 0 Å². The zero-order chi connectivity index (χ0) is 20.3. The Morgan fingerprint density at radius 2 is 1.82 bits per heavy atom. The topological polar surface area (TPSA) is 102 Å². The molecule has 3 aromatic rings. The molecule has 0 saturated heterocycles. The van der Waals surface area contributed by atoms with Gasteiger partial charge in [0.25, 0.3) is 0 Å². The first-order valence-corrected chi connectivity index (χ1v) is 9.80. The fourth-order valence-electron chi connectivity index (χ4n) is 2.54. The van der Waals surface area contributed by atoms with Gasteiger partial charge in [0, 0.05) is 24.8 Å². The lowest BCUT2D eigenvalue weighted by Gasteiger charge is -2.09. The van der Waals surface area contributed by atoms with E-state index in [1.807, 2.05) is 19.9 Å². The van der Waals surface area contributed by atoms with Gasteiger partial charge in [0.2, 0.25) is 10.0 Å². The highest BCUT2D eigenvalue weighted by Crippen LogP contribution is 2.15. The number of benzene rings is 1. The van der Waals surface area contributed by atoms with Crippen LogP contribution in [0.2, 0.25) is 0 Å². The molecule has 0 spiro atoms. The Hall–Kier alpha value is -2.92. The molecule has 0 bridgehead atoms. The molecule has 2 heterocycles. The van der Waals surface area contributed by atoms with E-state index in [1.54, 1.807) is 16.8 Å². The molecule has 0 saturated carbocycles. The number of hydrogen-bond acceptors (Lipinski definition) is 6. The third-order valence-corrected chi connectivity index (χ3v) is 5.28. The number of halogens is 2. The van der Waals surface area contributed by atoms with Crippen molar-refractivity contribution in [2.45, 2.75) is 18.7 Å². The van der Waals surface area contributed by atoms with E-state index in [-0.39, 0.29) is 13.1 Å². The molecule has 0 amide bonds. The Labute approximate surface area is 160 Å². The van der Waals surface area contributed by atoms with Gasteiger partial charge in [0.15, 0.2) is 5.82 Å². The van der Waals surface area contributed by atoms with Crippen LogP contribution >= 0.6 is 0 Å². The van der Waals surface area contributed by atoms with Crippen LogP contribution in [0.4, 0.5) is 14.6 Å². The van der Waals surface area contributed by atoms with Gasteiger partial charge < -0.3 is 5.32 Å². The Balaban J connectivity index is 1.56. The molecule has 11 heteroatoms. The third kappa shape index (κ3) is 4.49. The molecule has 0 unspecified atom stereocenters. The van der Waals surface area contributed by atoms with Crippen molar-refractivity contribution in [3.63, 3.8) is 0 Å². The first-order valence-electron chi connectivity index (χ1n) is 8.32. The highest BCUT2D eigenvalue weighted by Gasteiger charge is 2.18. The first-order chi connectivity index (χ1) is 13.3. The first kappa shape index (κ1) is 19.8. The molecular formula is C17H18F2N6O2S. The van der Waals surface area contributed by atoms with E-state index in [0.29, 0.717) is 17.7 Å². The summed E-state index contributed by atoms with van der Waals surface area (Å²) in [5.41, 5.74) is 1.79. The zero-order valence-electron chi connectivity index (χ0n) is 15.1. The monoisotopic (exact) mass is 408 g/mol. The average Bonchev–Trinajstić information content (AvgIpc) is 2.97. The van der Waals surface area contributed by atoms with Gasteiger partial charge in [0.1, 0.15) is 22.3 Å². The highest BCUT2D eigenvalue weighted by molar-refractivity contribution is 7.89. The smallest absolute Gasteiger partial charge is 0.243 e. The molecule has 0 aliphatic carbocycles. The molecule has 1 aromatic carbocycles. The highest BCUT2D eigenvalue weighted by atomic mass is 32.2. The lowest BCUT2D eigenvalue weighted by atomic mass is 10.3. The Morgan fingerprint density at radius 1 is 1.04 bits per heavy atom. The van der Waals surface area contributed by atoms with Gasteiger partial charge in [-0.05, 0) is 44.2 Å². The summed E-state index contributed by atoms with van der Waals surface area (Å²) < 4.78 is 54.6. The van der Waals surface area contributed by atoms with Crippen molar-refractivity contribution in [3.05, 3.63) is 59.4 Å². The summed E-state index contributed by atoms with van der Waals surface area (Å²) in [6, 6.07) is 7.62. The quantitative estimate of drug-likeness (QED) is 0.580. The molecule has 3 rings (SSSR count). The summed E-state index contributed by atoms with van der Waals surface area (Å²) in [5.74, 6) is -0.993. The number of hydrogen-bond donors (Lipinski definition) is 2. The molecule has 0 radical (unpaired) electrons. The van der Waals surface area contributed by atoms with Gasteiger partial charge in [-0.3, -0.25) is 0 Å². The largest absolute Gasteiger partial charge is 0.367 e. The summed E-state index contributed by atoms with van der Waals surface area (Å²) in [7, 11) is -4.09. The van der Waals surface area contributed by atoms with Crippen molar-refractivity contribution in [3.8, 4) is 5.82 Å². The maximum absolute atomic E-state index is 13.6. The van der Waals surface area contributed by atoms with Crippen LogP contribution in [0.15, 0.2) is 41.3 Å². The Kier molecular flexibility index (Phi) is 5.66. The van der Waals surface area contributed by atoms with E-state index in [0.717, 1.165) is 23.5 Å². The van der Waals surface area contributed by atoms with Crippen molar-refractivity contribution in [1.29, 1.82) is 0 Å². The minimum absolute atomic E-state index is 0.0277. The molecule has 2 aromatic heterocycles. The van der Waals surface area contributed by atoms with E-state index in [2.05, 4.69) is 25.3 Å². The fraction of sp³-hybridized carbons (Fsp3) is 0.235. The van der Waals surface area contributed by atoms with Gasteiger partial charge in [-0.2, -0.15) is 5.10 Å². The Bertz CT molecular complexity index is 1080. The van der Waals surface area contributed by atoms with E-state index in [9.17, 15) is 17.2 Å². The summed E-state index contributed by atoms with van der Waals surface area (Å²) in [4.78, 5) is -0.608. The number of anilines is 1. The van der Waals surface area contributed by atoms with Crippen LogP contribution < -0.4 is 10.0 Å². The minimum Gasteiger partial charge on any atom is -0.367 e. The van der Waals surface area contributed by atoms with Crippen LogP contribution in [0, 0.1) is 25.5 Å². The van der Waals surface area contributed by atoms with Crippen LogP contribution in [0.5, 0.6) is 0 Å².